The molecule has 0 radical (unpaired) electrons. The van der Waals surface area contributed by atoms with E-state index >= 15 is 0 Å². The van der Waals surface area contributed by atoms with Crippen LogP contribution in [0.2, 0.25) is 0 Å². The number of para-hydroxylation sites is 3. The molecule has 4 heteroatoms. The molecular formula is C51H39N3O. The molecule has 4 nitrogen and oxygen atoms in total. The Kier molecular flexibility index (Phi) is 7.15. The van der Waals surface area contributed by atoms with Gasteiger partial charge in [-0.3, -0.25) is 0 Å². The fraction of sp³-hybridized carbons (Fsp3) is 0.0980. The summed E-state index contributed by atoms with van der Waals surface area (Å²) in [6.07, 6.45) is 0.884. The number of hydrogen-bond donors (Lipinski definition) is 2. The second-order valence-electron chi connectivity index (χ2n) is 15.1. The van der Waals surface area contributed by atoms with Crippen LogP contribution in [0.4, 0.5) is 17.1 Å². The van der Waals surface area contributed by atoms with Crippen molar-refractivity contribution in [1.29, 1.82) is 0 Å². The second-order valence-corrected chi connectivity index (χ2v) is 15.1. The zero-order valence-corrected chi connectivity index (χ0v) is 30.5. The summed E-state index contributed by atoms with van der Waals surface area (Å²) in [6, 6.07) is 61.3. The number of furan rings is 1. The van der Waals surface area contributed by atoms with Crippen molar-refractivity contribution in [2.24, 2.45) is 0 Å². The van der Waals surface area contributed by atoms with Gasteiger partial charge in [0.15, 0.2) is 0 Å². The normalized spacial score (nSPS) is 18.0. The Morgan fingerprint density at radius 3 is 2.07 bits per heavy atom. The average Bonchev–Trinajstić information content (AvgIpc) is 3.84. The third kappa shape index (κ3) is 4.98. The molecule has 2 aliphatic rings. The molecule has 2 unspecified atom stereocenters. The minimum atomic E-state index is 0.157. The minimum absolute atomic E-state index is 0.157. The molecule has 9 aromatic rings. The highest BCUT2D eigenvalue weighted by molar-refractivity contribution is 6.21. The second kappa shape index (κ2) is 12.4. The summed E-state index contributed by atoms with van der Waals surface area (Å²) in [5.41, 5.74) is 20.3. The van der Waals surface area contributed by atoms with E-state index in [9.17, 15) is 0 Å². The first-order valence-corrected chi connectivity index (χ1v) is 19.3. The van der Waals surface area contributed by atoms with Crippen molar-refractivity contribution in [2.45, 2.75) is 31.3 Å². The van der Waals surface area contributed by atoms with Crippen molar-refractivity contribution in [3.63, 3.8) is 0 Å². The summed E-state index contributed by atoms with van der Waals surface area (Å²) in [4.78, 5) is 2.47. The van der Waals surface area contributed by atoms with Gasteiger partial charge in [0.25, 0.3) is 0 Å². The Hall–Kier alpha value is -6.78. The van der Waals surface area contributed by atoms with Crippen molar-refractivity contribution in [1.82, 2.24) is 0 Å². The van der Waals surface area contributed by atoms with E-state index in [1.807, 2.05) is 18.2 Å². The number of nitrogens with zero attached hydrogens (tertiary/aromatic N) is 1. The molecule has 1 aliphatic heterocycles. The molecule has 1 aliphatic carbocycles. The largest absolute Gasteiger partial charge is 0.456 e. The van der Waals surface area contributed by atoms with Crippen LogP contribution in [0.25, 0.3) is 49.1 Å². The van der Waals surface area contributed by atoms with E-state index in [0.29, 0.717) is 5.92 Å². The number of anilines is 3. The molecule has 0 spiro atoms. The summed E-state index contributed by atoms with van der Waals surface area (Å²) < 4.78 is 6.59. The molecule has 1 fully saturated rings. The Morgan fingerprint density at radius 2 is 1.24 bits per heavy atom. The number of nitrogens with one attached hydrogen (secondary N) is 1. The number of allylic oxidation sites excluding steroid dienone is 1. The number of nitrogens with two attached hydrogens (primary N) is 1. The lowest BCUT2D eigenvalue weighted by molar-refractivity contribution is 0.669. The maximum absolute atomic E-state index is 6.61. The highest BCUT2D eigenvalue weighted by atomic mass is 16.3. The minimum Gasteiger partial charge on any atom is -0.456 e. The van der Waals surface area contributed by atoms with Gasteiger partial charge in [-0.25, -0.2) is 0 Å². The van der Waals surface area contributed by atoms with Crippen molar-refractivity contribution < 1.29 is 4.42 Å². The molecule has 264 valence electrons. The number of benzene rings is 8. The predicted octanol–water partition coefficient (Wildman–Crippen LogP) is 13.2. The number of fused-ring (bicyclic) bond motifs is 7. The van der Waals surface area contributed by atoms with Crippen molar-refractivity contribution in [3.05, 3.63) is 203 Å². The van der Waals surface area contributed by atoms with E-state index in [-0.39, 0.29) is 12.1 Å². The first kappa shape index (κ1) is 31.7. The van der Waals surface area contributed by atoms with Crippen molar-refractivity contribution in [3.8, 4) is 0 Å². The van der Waals surface area contributed by atoms with Crippen LogP contribution in [0.1, 0.15) is 59.2 Å². The molecule has 1 aromatic heterocycles. The Labute approximate surface area is 320 Å². The van der Waals surface area contributed by atoms with E-state index in [2.05, 4.69) is 169 Å². The molecule has 3 atom stereocenters. The van der Waals surface area contributed by atoms with E-state index < -0.39 is 0 Å². The summed E-state index contributed by atoms with van der Waals surface area (Å²) in [5.74, 6) is 0.345. The zero-order chi connectivity index (χ0) is 36.6. The van der Waals surface area contributed by atoms with Crippen LogP contribution in [-0.4, -0.2) is 0 Å². The lowest BCUT2D eigenvalue weighted by Gasteiger charge is -2.30. The highest BCUT2D eigenvalue weighted by Crippen LogP contribution is 2.59. The molecule has 0 saturated carbocycles. The summed E-state index contributed by atoms with van der Waals surface area (Å²) in [7, 11) is 0. The van der Waals surface area contributed by atoms with Gasteiger partial charge in [-0.1, -0.05) is 146 Å². The fourth-order valence-electron chi connectivity index (χ4n) is 9.47. The molecular weight excluding hydrogens is 671 g/mol. The fourth-order valence-corrected chi connectivity index (χ4v) is 9.47. The van der Waals surface area contributed by atoms with Gasteiger partial charge < -0.3 is 20.4 Å². The van der Waals surface area contributed by atoms with Crippen LogP contribution >= 0.6 is 0 Å². The maximum Gasteiger partial charge on any atom is 0.136 e. The van der Waals surface area contributed by atoms with Gasteiger partial charge in [-0.15, -0.1) is 0 Å². The highest BCUT2D eigenvalue weighted by Gasteiger charge is 2.50. The number of rotatable bonds is 6. The molecule has 1 saturated heterocycles. The molecule has 8 aromatic carbocycles. The summed E-state index contributed by atoms with van der Waals surface area (Å²) in [5, 5.41) is 11.3. The third-order valence-corrected chi connectivity index (χ3v) is 12.0. The van der Waals surface area contributed by atoms with Gasteiger partial charge in [-0.2, -0.15) is 0 Å². The standard InChI is InChI=1S/C51H39N3O/c1-31-29-44(48(37-21-9-5-17-33(31)37)41-30-47-49(38-22-10-7-19-35(38)41)40-23-11-14-26-46(40)55-47)53-43-28-27-39(34-18-6-8-20-36(34)43)51-50(32-15-3-2-4-16-32)54(51)45-25-13-12-24-42(45)52/h2-28,30-31,50-51,53H,29,52H2,1H3/t31?,50?,51-,54?/m1/s1. The Morgan fingerprint density at radius 1 is 0.564 bits per heavy atom. The average molecular weight is 710 g/mol. The lowest BCUT2D eigenvalue weighted by atomic mass is 9.78. The molecule has 0 bridgehead atoms. The van der Waals surface area contributed by atoms with Crippen LogP contribution in [0, 0.1) is 0 Å². The van der Waals surface area contributed by atoms with Crippen LogP contribution in [0.15, 0.2) is 180 Å². The van der Waals surface area contributed by atoms with Crippen LogP contribution in [-0.2, 0) is 0 Å². The first-order valence-electron chi connectivity index (χ1n) is 19.3. The van der Waals surface area contributed by atoms with Crippen LogP contribution in [0.3, 0.4) is 0 Å². The van der Waals surface area contributed by atoms with Gasteiger partial charge >= 0.3 is 0 Å². The van der Waals surface area contributed by atoms with E-state index in [0.717, 1.165) is 40.0 Å². The molecule has 55 heavy (non-hydrogen) atoms. The Bertz CT molecular complexity index is 2990. The smallest absolute Gasteiger partial charge is 0.136 e. The van der Waals surface area contributed by atoms with Gasteiger partial charge in [0.1, 0.15) is 11.2 Å². The monoisotopic (exact) mass is 709 g/mol. The lowest BCUT2D eigenvalue weighted by Crippen LogP contribution is -2.15. The SMILES string of the molecule is CC1CC(Nc2ccc([C@@H]3C(c4ccccc4)N3c3ccccc3N)c3ccccc23)=C(c2cc3oc4ccccc4c3c3ccccc23)c2ccccc21. The molecule has 0 amide bonds. The Balaban J connectivity index is 1.09. The van der Waals surface area contributed by atoms with E-state index in [4.69, 9.17) is 10.2 Å². The molecule has 11 rings (SSSR count). The van der Waals surface area contributed by atoms with E-state index in [1.165, 1.54) is 66.0 Å². The zero-order valence-electron chi connectivity index (χ0n) is 30.5. The quantitative estimate of drug-likeness (QED) is 0.133. The third-order valence-electron chi connectivity index (χ3n) is 12.0. The summed E-state index contributed by atoms with van der Waals surface area (Å²) >= 11 is 0. The summed E-state index contributed by atoms with van der Waals surface area (Å²) in [6.45, 7) is 2.35. The van der Waals surface area contributed by atoms with E-state index in [1.54, 1.807) is 0 Å². The number of hydrogen-bond acceptors (Lipinski definition) is 4. The molecule has 3 N–H and O–H groups in total. The van der Waals surface area contributed by atoms with Gasteiger partial charge in [-0.05, 0) is 86.6 Å². The van der Waals surface area contributed by atoms with Crippen molar-refractivity contribution in [2.75, 3.05) is 16.0 Å². The van der Waals surface area contributed by atoms with Crippen LogP contribution < -0.4 is 16.0 Å². The first-order chi connectivity index (χ1) is 27.1. The van der Waals surface area contributed by atoms with Crippen LogP contribution in [0.5, 0.6) is 0 Å². The van der Waals surface area contributed by atoms with Gasteiger partial charge in [0, 0.05) is 33.1 Å². The topological polar surface area (TPSA) is 54.2 Å². The van der Waals surface area contributed by atoms with Gasteiger partial charge in [0.05, 0.1) is 23.5 Å². The predicted molar refractivity (Wildman–Crippen MR) is 230 cm³/mol. The molecule has 2 heterocycles. The van der Waals surface area contributed by atoms with Gasteiger partial charge in [0.2, 0.25) is 0 Å². The van der Waals surface area contributed by atoms with Crippen molar-refractivity contribution >= 4 is 66.1 Å². The number of nitrogen functional groups attached to an aromatic ring is 1. The maximum atomic E-state index is 6.61.